The summed E-state index contributed by atoms with van der Waals surface area (Å²) < 4.78 is 21.4. The molecule has 0 bridgehead atoms. The highest BCUT2D eigenvalue weighted by Crippen LogP contribution is 2.34. The standard InChI is InChI=1S/C23H22ClFN8O2/c1-14-15(2-5-21(28-14)33-13-27-29-30-33)8-22(34)32-7-6-31-11-20(35-12-16(31)10-32)17-3-4-19(25)18(9-26)23(17)24/h2-5,13,16,20H,6-8,10-12H2,1H3. The number of ether oxygens (including phenoxy) is 1. The van der Waals surface area contributed by atoms with Gasteiger partial charge in [0.2, 0.25) is 5.91 Å². The van der Waals surface area contributed by atoms with E-state index in [0.29, 0.717) is 44.2 Å². The number of carbonyl (C=O) groups is 1. The van der Waals surface area contributed by atoms with Gasteiger partial charge in [0.25, 0.3) is 0 Å². The number of benzene rings is 1. The summed E-state index contributed by atoms with van der Waals surface area (Å²) in [6, 6.07) is 8.36. The number of aryl methyl sites for hydroxylation is 1. The van der Waals surface area contributed by atoms with Crippen molar-refractivity contribution in [3.63, 3.8) is 0 Å². The minimum atomic E-state index is -0.641. The van der Waals surface area contributed by atoms with Gasteiger partial charge in [-0.05, 0) is 35.0 Å². The van der Waals surface area contributed by atoms with Crippen molar-refractivity contribution < 1.29 is 13.9 Å². The van der Waals surface area contributed by atoms with Gasteiger partial charge >= 0.3 is 0 Å². The van der Waals surface area contributed by atoms with Gasteiger partial charge in [0, 0.05) is 37.4 Å². The van der Waals surface area contributed by atoms with Crippen molar-refractivity contribution in [1.29, 1.82) is 5.26 Å². The van der Waals surface area contributed by atoms with Crippen molar-refractivity contribution in [3.8, 4) is 11.9 Å². The Labute approximate surface area is 205 Å². The lowest BCUT2D eigenvalue weighted by molar-refractivity contribution is -0.139. The van der Waals surface area contributed by atoms with Gasteiger partial charge in [-0.2, -0.15) is 9.94 Å². The Balaban J connectivity index is 1.21. The summed E-state index contributed by atoms with van der Waals surface area (Å²) in [5.41, 5.74) is 2.05. The maximum atomic E-state index is 13.8. The summed E-state index contributed by atoms with van der Waals surface area (Å²) in [6.07, 6.45) is 1.36. The molecule has 5 rings (SSSR count). The first kappa shape index (κ1) is 23.3. The number of rotatable bonds is 4. The molecule has 10 nitrogen and oxygen atoms in total. The predicted molar refractivity (Wildman–Crippen MR) is 122 cm³/mol. The number of pyridine rings is 1. The third-order valence-electron chi connectivity index (χ3n) is 6.53. The summed E-state index contributed by atoms with van der Waals surface area (Å²) in [7, 11) is 0. The molecule has 2 aliphatic heterocycles. The van der Waals surface area contributed by atoms with Crippen molar-refractivity contribution in [2.45, 2.75) is 25.5 Å². The average Bonchev–Trinajstić information content (AvgIpc) is 3.40. The lowest BCUT2D eigenvalue weighted by Gasteiger charge is -2.46. The highest BCUT2D eigenvalue weighted by atomic mass is 35.5. The van der Waals surface area contributed by atoms with E-state index in [-0.39, 0.29) is 35.1 Å². The molecule has 2 atom stereocenters. The molecule has 0 aliphatic carbocycles. The molecule has 4 heterocycles. The molecule has 35 heavy (non-hydrogen) atoms. The zero-order valence-corrected chi connectivity index (χ0v) is 19.7. The topological polar surface area (TPSA) is 113 Å². The van der Waals surface area contributed by atoms with E-state index in [9.17, 15) is 14.4 Å². The molecule has 3 aromatic rings. The Morgan fingerprint density at radius 2 is 2.14 bits per heavy atom. The smallest absolute Gasteiger partial charge is 0.227 e. The van der Waals surface area contributed by atoms with Crippen LogP contribution in [-0.4, -0.2) is 79.7 Å². The second-order valence-corrected chi connectivity index (χ2v) is 8.97. The summed E-state index contributed by atoms with van der Waals surface area (Å²) in [5.74, 6) is -0.0148. The molecule has 2 aromatic heterocycles. The Morgan fingerprint density at radius 1 is 1.29 bits per heavy atom. The lowest BCUT2D eigenvalue weighted by Crippen LogP contribution is -2.59. The SMILES string of the molecule is Cc1nc(-n2cnnn2)ccc1CC(=O)N1CCN2CC(c3ccc(F)c(C#N)c3Cl)OCC2C1. The number of nitrogens with zero attached hydrogens (tertiary/aromatic N) is 8. The molecule has 2 fully saturated rings. The van der Waals surface area contributed by atoms with Crippen molar-refractivity contribution in [2.75, 3.05) is 32.8 Å². The first-order valence-electron chi connectivity index (χ1n) is 11.2. The van der Waals surface area contributed by atoms with Crippen molar-refractivity contribution in [1.82, 2.24) is 35.0 Å². The normalized spacial score (nSPS) is 20.3. The van der Waals surface area contributed by atoms with Crippen LogP contribution in [0.2, 0.25) is 5.02 Å². The maximum absolute atomic E-state index is 13.8. The fourth-order valence-electron chi connectivity index (χ4n) is 4.55. The molecule has 2 aliphatic rings. The van der Waals surface area contributed by atoms with Crippen LogP contribution in [0.25, 0.3) is 5.82 Å². The molecule has 0 radical (unpaired) electrons. The first-order chi connectivity index (χ1) is 16.9. The number of fused-ring (bicyclic) bond motifs is 1. The second-order valence-electron chi connectivity index (χ2n) is 8.59. The monoisotopic (exact) mass is 496 g/mol. The first-order valence-corrected chi connectivity index (χ1v) is 11.5. The fourth-order valence-corrected chi connectivity index (χ4v) is 4.87. The number of amides is 1. The maximum Gasteiger partial charge on any atom is 0.227 e. The van der Waals surface area contributed by atoms with Crippen LogP contribution in [0.5, 0.6) is 0 Å². The second kappa shape index (κ2) is 9.65. The molecule has 2 saturated heterocycles. The highest BCUT2D eigenvalue weighted by Gasteiger charge is 2.36. The highest BCUT2D eigenvalue weighted by molar-refractivity contribution is 6.32. The van der Waals surface area contributed by atoms with E-state index in [4.69, 9.17) is 16.3 Å². The van der Waals surface area contributed by atoms with Gasteiger partial charge in [0.15, 0.2) is 5.82 Å². The van der Waals surface area contributed by atoms with E-state index in [1.165, 1.54) is 17.1 Å². The van der Waals surface area contributed by atoms with Crippen LogP contribution in [0.4, 0.5) is 4.39 Å². The molecule has 1 amide bonds. The number of morpholine rings is 1. The van der Waals surface area contributed by atoms with E-state index in [2.05, 4.69) is 25.4 Å². The molecule has 0 N–H and O–H groups in total. The van der Waals surface area contributed by atoms with E-state index in [0.717, 1.165) is 11.3 Å². The van der Waals surface area contributed by atoms with E-state index < -0.39 is 5.82 Å². The minimum absolute atomic E-state index is 0.0343. The molecule has 2 unspecified atom stereocenters. The number of carbonyl (C=O) groups excluding carboxylic acids is 1. The van der Waals surface area contributed by atoms with Crippen molar-refractivity contribution in [3.05, 3.63) is 63.8 Å². The Bertz CT molecular complexity index is 1300. The number of nitriles is 1. The molecule has 12 heteroatoms. The minimum Gasteiger partial charge on any atom is -0.370 e. The van der Waals surface area contributed by atoms with Gasteiger partial charge in [-0.15, -0.1) is 5.10 Å². The Kier molecular flexibility index (Phi) is 6.42. The van der Waals surface area contributed by atoms with E-state index in [1.54, 1.807) is 12.1 Å². The summed E-state index contributed by atoms with van der Waals surface area (Å²) in [6.45, 7) is 4.67. The molecule has 1 aromatic carbocycles. The summed E-state index contributed by atoms with van der Waals surface area (Å²) >= 11 is 6.29. The van der Waals surface area contributed by atoms with Crippen molar-refractivity contribution in [2.24, 2.45) is 0 Å². The predicted octanol–water partition coefficient (Wildman–Crippen LogP) is 1.86. The number of tetrazole rings is 1. The molecular formula is C23H22ClFN8O2. The summed E-state index contributed by atoms with van der Waals surface area (Å²) in [5, 5.41) is 20.4. The van der Waals surface area contributed by atoms with E-state index in [1.807, 2.05) is 24.0 Å². The number of aromatic nitrogens is 5. The van der Waals surface area contributed by atoms with Crippen LogP contribution in [0.15, 0.2) is 30.6 Å². The molecule has 0 saturated carbocycles. The van der Waals surface area contributed by atoms with Crippen LogP contribution in [0.1, 0.15) is 28.5 Å². The third kappa shape index (κ3) is 4.60. The average molecular weight is 497 g/mol. The quantitative estimate of drug-likeness (QED) is 0.538. The summed E-state index contributed by atoms with van der Waals surface area (Å²) in [4.78, 5) is 21.7. The van der Waals surface area contributed by atoms with Crippen LogP contribution >= 0.6 is 11.6 Å². The number of hydrogen-bond acceptors (Lipinski definition) is 8. The largest absolute Gasteiger partial charge is 0.370 e. The van der Waals surface area contributed by atoms with Crippen molar-refractivity contribution >= 4 is 17.5 Å². The molecule has 0 spiro atoms. The van der Waals surface area contributed by atoms with Crippen LogP contribution in [0.3, 0.4) is 0 Å². The number of hydrogen-bond donors (Lipinski definition) is 0. The zero-order chi connectivity index (χ0) is 24.5. The van der Waals surface area contributed by atoms with Gasteiger partial charge in [0.05, 0.1) is 30.2 Å². The number of halogens is 2. The van der Waals surface area contributed by atoms with Gasteiger partial charge < -0.3 is 9.64 Å². The van der Waals surface area contributed by atoms with Gasteiger partial charge in [-0.3, -0.25) is 9.69 Å². The van der Waals surface area contributed by atoms with Gasteiger partial charge in [-0.25, -0.2) is 9.37 Å². The van der Waals surface area contributed by atoms with Gasteiger partial charge in [0.1, 0.15) is 23.8 Å². The van der Waals surface area contributed by atoms with Gasteiger partial charge in [-0.1, -0.05) is 23.7 Å². The number of piperazine rings is 1. The zero-order valence-electron chi connectivity index (χ0n) is 18.9. The van der Waals surface area contributed by atoms with Crippen LogP contribution < -0.4 is 0 Å². The van der Waals surface area contributed by atoms with E-state index >= 15 is 0 Å². The van der Waals surface area contributed by atoms with Crippen LogP contribution in [-0.2, 0) is 16.0 Å². The Morgan fingerprint density at radius 3 is 2.89 bits per heavy atom. The van der Waals surface area contributed by atoms with Crippen LogP contribution in [0, 0.1) is 24.1 Å². The molecular weight excluding hydrogens is 475 g/mol. The Hall–Kier alpha value is -3.46. The molecule has 180 valence electrons. The third-order valence-corrected chi connectivity index (χ3v) is 6.94. The fraction of sp³-hybridized carbons (Fsp3) is 0.391. The lowest BCUT2D eigenvalue weighted by atomic mass is 10.0.